The molecule has 9 nitrogen and oxygen atoms in total. The number of ether oxygens (including phenoxy) is 5. The fourth-order valence-corrected chi connectivity index (χ4v) is 4.71. The summed E-state index contributed by atoms with van der Waals surface area (Å²) in [6, 6.07) is 0. The molecule has 1 radical (unpaired) electrons. The number of piperidine rings is 1. The van der Waals surface area contributed by atoms with E-state index in [0.717, 1.165) is 90.3 Å². The van der Waals surface area contributed by atoms with E-state index in [2.05, 4.69) is 50.0 Å². The predicted octanol–water partition coefficient (Wildman–Crippen LogP) is 6.64. The van der Waals surface area contributed by atoms with Gasteiger partial charge in [-0.3, -0.25) is 4.79 Å². The van der Waals surface area contributed by atoms with Gasteiger partial charge in [0, 0.05) is 51.2 Å². The lowest BCUT2D eigenvalue weighted by molar-refractivity contribution is -0.160. The summed E-state index contributed by atoms with van der Waals surface area (Å²) in [5, 5.41) is 9.03. The Hall–Kier alpha value is -1.94. The fourth-order valence-electron chi connectivity index (χ4n) is 4.71. The van der Waals surface area contributed by atoms with Crippen LogP contribution in [0.1, 0.15) is 97.3 Å². The maximum atomic E-state index is 12.4. The number of carbonyl (C=O) groups is 2. The van der Waals surface area contributed by atoms with E-state index in [9.17, 15) is 9.59 Å². The molecule has 1 rings (SSSR count). The number of aliphatic hydroxyl groups excluding tert-OH is 1. The van der Waals surface area contributed by atoms with Crippen LogP contribution >= 0.6 is 0 Å². The highest BCUT2D eigenvalue weighted by atomic mass is 16.7. The molecule has 1 N–H and O–H groups in total. The van der Waals surface area contributed by atoms with Crippen molar-refractivity contribution in [2.45, 2.75) is 104 Å². The summed E-state index contributed by atoms with van der Waals surface area (Å²) in [4.78, 5) is 26.7. The molecule has 2 atom stereocenters. The van der Waals surface area contributed by atoms with Crippen molar-refractivity contribution in [1.82, 2.24) is 4.90 Å². The molecule has 1 fully saturated rings. The topological polar surface area (TPSA) is 104 Å². The molecule has 0 spiro atoms. The first kappa shape index (κ1) is 39.1. The first-order chi connectivity index (χ1) is 21.0. The minimum absolute atomic E-state index is 0.00907. The molecule has 9 heteroatoms. The standard InChI is InChI=1S/C34H60NO8/c1-4-6-8-10-12-14-24-39-33(40-25-15-13-11-9-7-5-2)20-19-32(37)41-27-30(3)28-42-34(38)43-29-31-18-16-21-35(26-31)22-17-23-36/h6-9,30-31,33,36H,3-5,10-29H2,1-2H3/b8-6-,9-7-. The normalized spacial score (nSPS) is 16.7. The van der Waals surface area contributed by atoms with E-state index >= 15 is 0 Å². The highest BCUT2D eigenvalue weighted by Crippen LogP contribution is 2.17. The molecule has 0 aromatic carbocycles. The Balaban J connectivity index is 2.26. The van der Waals surface area contributed by atoms with Gasteiger partial charge in [-0.2, -0.15) is 0 Å². The highest BCUT2D eigenvalue weighted by molar-refractivity contribution is 5.69. The summed E-state index contributed by atoms with van der Waals surface area (Å²) in [6.45, 7) is 12.6. The molecule has 0 bridgehead atoms. The van der Waals surface area contributed by atoms with Crippen LogP contribution in [-0.2, 0) is 28.5 Å². The van der Waals surface area contributed by atoms with Crippen LogP contribution in [0.4, 0.5) is 4.79 Å². The maximum Gasteiger partial charge on any atom is 0.508 e. The van der Waals surface area contributed by atoms with Gasteiger partial charge in [0.25, 0.3) is 0 Å². The number of hydrogen-bond acceptors (Lipinski definition) is 9. The molecule has 0 aromatic rings. The Morgan fingerprint density at radius 2 is 1.56 bits per heavy atom. The van der Waals surface area contributed by atoms with E-state index < -0.39 is 18.4 Å². The van der Waals surface area contributed by atoms with Gasteiger partial charge < -0.3 is 33.7 Å². The molecule has 0 aliphatic carbocycles. The van der Waals surface area contributed by atoms with Crippen LogP contribution in [0.2, 0.25) is 0 Å². The van der Waals surface area contributed by atoms with Crippen molar-refractivity contribution in [1.29, 1.82) is 0 Å². The summed E-state index contributed by atoms with van der Waals surface area (Å²) < 4.78 is 27.8. The van der Waals surface area contributed by atoms with Gasteiger partial charge >= 0.3 is 12.1 Å². The molecular formula is C34H60NO8. The van der Waals surface area contributed by atoms with Crippen LogP contribution in [0.15, 0.2) is 24.3 Å². The molecule has 1 saturated heterocycles. The number of likely N-dealkylation sites (tertiary alicyclic amines) is 1. The Labute approximate surface area is 261 Å². The SMILES string of the molecule is [CH2]C(COC(=O)CCC(OCCCC/C=C\CC)OCCCC/C=C\CC)COC(=O)OCC1CCCN(CCCO)C1. The van der Waals surface area contributed by atoms with Crippen molar-refractivity contribution < 1.29 is 38.4 Å². The molecule has 0 saturated carbocycles. The number of allylic oxidation sites excluding steroid dienone is 4. The second-order valence-electron chi connectivity index (χ2n) is 11.3. The Morgan fingerprint density at radius 1 is 0.907 bits per heavy atom. The van der Waals surface area contributed by atoms with E-state index in [4.69, 9.17) is 28.8 Å². The zero-order valence-electron chi connectivity index (χ0n) is 27.1. The van der Waals surface area contributed by atoms with Gasteiger partial charge in [0.2, 0.25) is 0 Å². The summed E-state index contributed by atoms with van der Waals surface area (Å²) in [5.74, 6) is -0.489. The third-order valence-electron chi connectivity index (χ3n) is 7.12. The first-order valence-electron chi connectivity index (χ1n) is 16.6. The number of nitrogens with zero attached hydrogens (tertiary/aromatic N) is 1. The van der Waals surface area contributed by atoms with Gasteiger partial charge in [0.15, 0.2) is 6.29 Å². The summed E-state index contributed by atoms with van der Waals surface area (Å²) in [5.41, 5.74) is 0. The molecule has 1 heterocycles. The van der Waals surface area contributed by atoms with Crippen molar-refractivity contribution in [2.24, 2.45) is 11.8 Å². The van der Waals surface area contributed by atoms with E-state index in [-0.39, 0.29) is 38.1 Å². The maximum absolute atomic E-state index is 12.4. The second-order valence-corrected chi connectivity index (χ2v) is 11.3. The van der Waals surface area contributed by atoms with E-state index in [1.54, 1.807) is 0 Å². The minimum Gasteiger partial charge on any atom is -0.465 e. The van der Waals surface area contributed by atoms with Gasteiger partial charge in [0.05, 0.1) is 19.6 Å². The van der Waals surface area contributed by atoms with E-state index in [0.29, 0.717) is 26.2 Å². The molecule has 1 aliphatic heterocycles. The zero-order valence-corrected chi connectivity index (χ0v) is 27.1. The second kappa shape index (κ2) is 27.6. The average Bonchev–Trinajstić information content (AvgIpc) is 3.02. The van der Waals surface area contributed by atoms with Crippen LogP contribution in [0.3, 0.4) is 0 Å². The lowest BCUT2D eigenvalue weighted by Gasteiger charge is -2.32. The van der Waals surface area contributed by atoms with Crippen molar-refractivity contribution >= 4 is 12.1 Å². The van der Waals surface area contributed by atoms with Crippen LogP contribution < -0.4 is 0 Å². The largest absolute Gasteiger partial charge is 0.508 e. The van der Waals surface area contributed by atoms with Gasteiger partial charge in [-0.15, -0.1) is 0 Å². The number of carbonyl (C=O) groups excluding carboxylic acids is 2. The lowest BCUT2D eigenvalue weighted by Crippen LogP contribution is -2.38. The van der Waals surface area contributed by atoms with Gasteiger partial charge in [-0.1, -0.05) is 38.2 Å². The van der Waals surface area contributed by atoms with Gasteiger partial charge in [-0.05, 0) is 84.1 Å². The zero-order chi connectivity index (χ0) is 31.4. The van der Waals surface area contributed by atoms with Crippen molar-refractivity contribution in [3.8, 4) is 0 Å². The lowest BCUT2D eigenvalue weighted by atomic mass is 9.99. The number of rotatable bonds is 26. The summed E-state index contributed by atoms with van der Waals surface area (Å²) in [7, 11) is 0. The van der Waals surface area contributed by atoms with Crippen LogP contribution in [0.25, 0.3) is 0 Å². The minimum atomic E-state index is -0.729. The third-order valence-corrected chi connectivity index (χ3v) is 7.12. The van der Waals surface area contributed by atoms with Gasteiger partial charge in [0.1, 0.15) is 6.61 Å². The molecule has 0 aromatic heterocycles. The first-order valence-corrected chi connectivity index (χ1v) is 16.6. The molecular weight excluding hydrogens is 550 g/mol. The summed E-state index contributed by atoms with van der Waals surface area (Å²) >= 11 is 0. The summed E-state index contributed by atoms with van der Waals surface area (Å²) in [6.07, 6.45) is 19.2. The van der Waals surface area contributed by atoms with Crippen LogP contribution in [0.5, 0.6) is 0 Å². The Kier molecular flexibility index (Phi) is 25.1. The number of hydrogen-bond donors (Lipinski definition) is 1. The van der Waals surface area contributed by atoms with Gasteiger partial charge in [-0.25, -0.2) is 4.79 Å². The van der Waals surface area contributed by atoms with Crippen LogP contribution in [0, 0.1) is 18.8 Å². The molecule has 0 amide bonds. The number of esters is 1. The van der Waals surface area contributed by atoms with E-state index in [1.807, 2.05) is 0 Å². The van der Waals surface area contributed by atoms with E-state index in [1.165, 1.54) is 0 Å². The fraction of sp³-hybridized carbons (Fsp3) is 0.794. The quantitative estimate of drug-likeness (QED) is 0.0499. The predicted molar refractivity (Wildman–Crippen MR) is 169 cm³/mol. The molecule has 249 valence electrons. The smallest absolute Gasteiger partial charge is 0.465 e. The highest BCUT2D eigenvalue weighted by Gasteiger charge is 2.21. The monoisotopic (exact) mass is 610 g/mol. The molecule has 1 aliphatic rings. The van der Waals surface area contributed by atoms with Crippen molar-refractivity contribution in [3.05, 3.63) is 31.2 Å². The molecule has 2 unspecified atom stereocenters. The van der Waals surface area contributed by atoms with Crippen molar-refractivity contribution in [3.63, 3.8) is 0 Å². The number of aliphatic hydroxyl groups is 1. The third kappa shape index (κ3) is 23.2. The Bertz CT molecular complexity index is 720. The molecule has 43 heavy (non-hydrogen) atoms. The Morgan fingerprint density at radius 3 is 2.19 bits per heavy atom. The average molecular weight is 611 g/mol. The van der Waals surface area contributed by atoms with Crippen molar-refractivity contribution in [2.75, 3.05) is 59.3 Å². The van der Waals surface area contributed by atoms with Crippen LogP contribution in [-0.4, -0.2) is 87.7 Å². The number of unbranched alkanes of at least 4 members (excludes halogenated alkanes) is 4.